The molecule has 1 saturated heterocycles. The number of rotatable bonds is 7. The molecule has 2 heterocycles. The normalized spacial score (nSPS) is 17.7. The largest absolute Gasteiger partial charge is 0.301 e. The van der Waals surface area contributed by atoms with E-state index < -0.39 is 0 Å². The topological polar surface area (TPSA) is 43.9 Å². The van der Waals surface area contributed by atoms with Gasteiger partial charge in [-0.2, -0.15) is 0 Å². The molecule has 174 valence electrons. The molecule has 2 aliphatic heterocycles. The van der Waals surface area contributed by atoms with Crippen molar-refractivity contribution in [2.75, 3.05) is 39.3 Å². The van der Waals surface area contributed by atoms with Gasteiger partial charge in [-0.15, -0.1) is 0 Å². The average Bonchev–Trinajstić information content (AvgIpc) is 3.12. The number of nitrogens with zero attached hydrogens (tertiary/aromatic N) is 3. The first-order chi connectivity index (χ1) is 16.6. The Kier molecular flexibility index (Phi) is 6.77. The summed E-state index contributed by atoms with van der Waals surface area (Å²) < 4.78 is 0. The zero-order valence-corrected chi connectivity index (χ0v) is 19.8. The van der Waals surface area contributed by atoms with Crippen LogP contribution in [0.4, 0.5) is 0 Å². The Morgan fingerprint density at radius 2 is 1.24 bits per heavy atom. The van der Waals surface area contributed by atoms with Crippen molar-refractivity contribution in [1.29, 1.82) is 0 Å². The van der Waals surface area contributed by atoms with Gasteiger partial charge < -0.3 is 4.90 Å². The van der Waals surface area contributed by atoms with E-state index in [9.17, 15) is 9.59 Å². The molecule has 0 N–H and O–H groups in total. The van der Waals surface area contributed by atoms with Gasteiger partial charge in [0.15, 0.2) is 0 Å². The number of amides is 2. The number of carbonyl (C=O) groups excluding carboxylic acids is 2. The fraction of sp³-hybridized carbons (Fsp3) is 0.286. The average molecular weight is 474 g/mol. The highest BCUT2D eigenvalue weighted by atomic mass is 35.5. The lowest BCUT2D eigenvalue weighted by Gasteiger charge is -2.40. The second-order valence-corrected chi connectivity index (χ2v) is 9.34. The quantitative estimate of drug-likeness (QED) is 0.465. The molecule has 0 bridgehead atoms. The van der Waals surface area contributed by atoms with Gasteiger partial charge in [0.2, 0.25) is 0 Å². The van der Waals surface area contributed by atoms with Crippen LogP contribution in [-0.4, -0.2) is 65.8 Å². The second-order valence-electron chi connectivity index (χ2n) is 8.90. The standard InChI is InChI=1S/C28H28ClN3O2/c29-23-13-11-22(12-14-23)26(21-7-2-1-3-8-21)31-19-17-30(18-20-31)15-6-16-32-27(33)24-9-4-5-10-25(24)28(32)34/h1-5,7-14,26H,6,15-20H2. The Balaban J connectivity index is 1.18. The first kappa shape index (κ1) is 22.8. The fourth-order valence-corrected chi connectivity index (χ4v) is 5.16. The summed E-state index contributed by atoms with van der Waals surface area (Å²) in [5, 5.41) is 0.749. The number of imide groups is 1. The van der Waals surface area contributed by atoms with Crippen molar-refractivity contribution >= 4 is 23.4 Å². The lowest BCUT2D eigenvalue weighted by atomic mass is 9.96. The Bertz CT molecular complexity index is 1120. The van der Waals surface area contributed by atoms with Crippen molar-refractivity contribution in [1.82, 2.24) is 14.7 Å². The van der Waals surface area contributed by atoms with E-state index in [1.807, 2.05) is 12.1 Å². The minimum Gasteiger partial charge on any atom is -0.301 e. The van der Waals surface area contributed by atoms with Crippen molar-refractivity contribution in [2.24, 2.45) is 0 Å². The SMILES string of the molecule is O=C1c2ccccc2C(=O)N1CCCN1CCN(C(c2ccccc2)c2ccc(Cl)cc2)CC1. The lowest BCUT2D eigenvalue weighted by Crippen LogP contribution is -2.48. The maximum atomic E-state index is 12.6. The van der Waals surface area contributed by atoms with Gasteiger partial charge in [-0.1, -0.05) is 66.2 Å². The first-order valence-electron chi connectivity index (χ1n) is 11.8. The Hall–Kier alpha value is -2.99. The van der Waals surface area contributed by atoms with E-state index in [2.05, 4.69) is 52.3 Å². The van der Waals surface area contributed by atoms with Gasteiger partial charge >= 0.3 is 0 Å². The monoisotopic (exact) mass is 473 g/mol. The molecule has 0 aliphatic carbocycles. The third-order valence-corrected chi connectivity index (χ3v) is 7.06. The third kappa shape index (κ3) is 4.64. The Morgan fingerprint density at radius 3 is 1.85 bits per heavy atom. The summed E-state index contributed by atoms with van der Waals surface area (Å²) in [4.78, 5) is 31.5. The minimum absolute atomic E-state index is 0.168. The van der Waals surface area contributed by atoms with Gasteiger partial charge in [-0.3, -0.25) is 19.4 Å². The van der Waals surface area contributed by atoms with Crippen LogP contribution in [-0.2, 0) is 0 Å². The van der Waals surface area contributed by atoms with Crippen LogP contribution in [0.3, 0.4) is 0 Å². The van der Waals surface area contributed by atoms with Crippen LogP contribution in [0.25, 0.3) is 0 Å². The molecule has 1 atom stereocenters. The summed E-state index contributed by atoms with van der Waals surface area (Å²) in [6.07, 6.45) is 0.783. The van der Waals surface area contributed by atoms with Gasteiger partial charge in [0.1, 0.15) is 0 Å². The van der Waals surface area contributed by atoms with Crippen LogP contribution in [0, 0.1) is 0 Å². The molecule has 2 aliphatic rings. The van der Waals surface area contributed by atoms with Crippen LogP contribution < -0.4 is 0 Å². The Labute approximate surface area is 205 Å². The number of benzene rings is 3. The maximum absolute atomic E-state index is 12.6. The predicted octanol–water partition coefficient (Wildman–Crippen LogP) is 4.73. The number of hydrogen-bond donors (Lipinski definition) is 0. The Morgan fingerprint density at radius 1 is 0.676 bits per heavy atom. The number of fused-ring (bicyclic) bond motifs is 1. The smallest absolute Gasteiger partial charge is 0.261 e. The van der Waals surface area contributed by atoms with E-state index in [0.717, 1.165) is 44.2 Å². The van der Waals surface area contributed by atoms with Crippen LogP contribution in [0.2, 0.25) is 5.02 Å². The van der Waals surface area contributed by atoms with E-state index >= 15 is 0 Å². The van der Waals surface area contributed by atoms with Crippen molar-refractivity contribution < 1.29 is 9.59 Å². The molecule has 6 heteroatoms. The van der Waals surface area contributed by atoms with Gasteiger partial charge in [0, 0.05) is 37.7 Å². The molecule has 1 fully saturated rings. The molecule has 2 amide bonds. The summed E-state index contributed by atoms with van der Waals surface area (Å²) in [6, 6.07) is 26.0. The van der Waals surface area contributed by atoms with E-state index in [-0.39, 0.29) is 17.9 Å². The zero-order valence-electron chi connectivity index (χ0n) is 19.1. The molecule has 3 aromatic carbocycles. The van der Waals surface area contributed by atoms with E-state index in [4.69, 9.17) is 11.6 Å². The fourth-order valence-electron chi connectivity index (χ4n) is 5.03. The van der Waals surface area contributed by atoms with E-state index in [1.54, 1.807) is 24.3 Å². The molecule has 5 nitrogen and oxygen atoms in total. The molecule has 1 unspecified atom stereocenters. The summed E-state index contributed by atoms with van der Waals surface area (Å²) in [5.41, 5.74) is 3.57. The molecular weight excluding hydrogens is 446 g/mol. The molecule has 3 aromatic rings. The van der Waals surface area contributed by atoms with Gasteiger partial charge in [0.25, 0.3) is 11.8 Å². The van der Waals surface area contributed by atoms with Crippen molar-refractivity contribution in [3.8, 4) is 0 Å². The third-order valence-electron chi connectivity index (χ3n) is 6.81. The van der Waals surface area contributed by atoms with Gasteiger partial charge in [-0.05, 0) is 48.4 Å². The summed E-state index contributed by atoms with van der Waals surface area (Å²) >= 11 is 6.14. The van der Waals surface area contributed by atoms with Gasteiger partial charge in [-0.25, -0.2) is 0 Å². The summed E-state index contributed by atoms with van der Waals surface area (Å²) in [6.45, 7) is 5.16. The number of hydrogen-bond acceptors (Lipinski definition) is 4. The highest BCUT2D eigenvalue weighted by molar-refractivity contribution is 6.30. The molecule has 0 radical (unpaired) electrons. The van der Waals surface area contributed by atoms with Gasteiger partial charge in [0.05, 0.1) is 17.2 Å². The van der Waals surface area contributed by atoms with Crippen molar-refractivity contribution in [3.05, 3.63) is 106 Å². The van der Waals surface area contributed by atoms with Crippen LogP contribution >= 0.6 is 11.6 Å². The molecule has 0 spiro atoms. The minimum atomic E-state index is -0.168. The summed E-state index contributed by atoms with van der Waals surface area (Å²) in [5.74, 6) is -0.335. The highest BCUT2D eigenvalue weighted by Crippen LogP contribution is 2.30. The van der Waals surface area contributed by atoms with E-state index in [1.165, 1.54) is 16.0 Å². The van der Waals surface area contributed by atoms with Crippen LogP contribution in [0.1, 0.15) is 44.3 Å². The van der Waals surface area contributed by atoms with Crippen molar-refractivity contribution in [3.63, 3.8) is 0 Å². The van der Waals surface area contributed by atoms with Crippen molar-refractivity contribution in [2.45, 2.75) is 12.5 Å². The van der Waals surface area contributed by atoms with E-state index in [0.29, 0.717) is 17.7 Å². The molecule has 5 rings (SSSR count). The predicted molar refractivity (Wildman–Crippen MR) is 134 cm³/mol. The van der Waals surface area contributed by atoms with Crippen LogP contribution in [0.15, 0.2) is 78.9 Å². The first-order valence-corrected chi connectivity index (χ1v) is 12.2. The lowest BCUT2D eigenvalue weighted by molar-refractivity contribution is 0.0637. The maximum Gasteiger partial charge on any atom is 0.261 e. The molecular formula is C28H28ClN3O2. The number of piperazine rings is 1. The second kappa shape index (κ2) is 10.1. The number of carbonyl (C=O) groups is 2. The number of halogens is 1. The molecule has 34 heavy (non-hydrogen) atoms. The molecule has 0 saturated carbocycles. The summed E-state index contributed by atoms with van der Waals surface area (Å²) in [7, 11) is 0. The highest BCUT2D eigenvalue weighted by Gasteiger charge is 2.34. The molecule has 0 aromatic heterocycles. The van der Waals surface area contributed by atoms with Crippen LogP contribution in [0.5, 0.6) is 0 Å². The zero-order chi connectivity index (χ0) is 23.5.